The molecule has 0 spiro atoms. The summed E-state index contributed by atoms with van der Waals surface area (Å²) in [6, 6.07) is 3.43. The SMILES string of the molecule is O=S(O)NC1(Br)CNc2ncccc2O1. The largest absolute Gasteiger partial charge is 0.456 e. The van der Waals surface area contributed by atoms with E-state index in [0.717, 1.165) is 0 Å². The molecule has 15 heavy (non-hydrogen) atoms. The Morgan fingerprint density at radius 1 is 1.80 bits per heavy atom. The van der Waals surface area contributed by atoms with Gasteiger partial charge in [-0.3, -0.25) is 4.55 Å². The summed E-state index contributed by atoms with van der Waals surface area (Å²) in [5.74, 6) is 1.12. The summed E-state index contributed by atoms with van der Waals surface area (Å²) < 4.78 is 26.1. The van der Waals surface area contributed by atoms with Crippen LogP contribution in [-0.4, -0.2) is 24.9 Å². The van der Waals surface area contributed by atoms with Crippen LogP contribution < -0.4 is 14.8 Å². The van der Waals surface area contributed by atoms with Gasteiger partial charge in [0, 0.05) is 6.20 Å². The number of pyridine rings is 1. The Morgan fingerprint density at radius 2 is 2.60 bits per heavy atom. The first kappa shape index (κ1) is 10.8. The number of nitrogens with one attached hydrogen (secondary N) is 2. The fraction of sp³-hybridized carbons (Fsp3) is 0.286. The highest BCUT2D eigenvalue weighted by Gasteiger charge is 2.35. The van der Waals surface area contributed by atoms with Crippen LogP contribution in [0.3, 0.4) is 0 Å². The first-order chi connectivity index (χ1) is 7.09. The van der Waals surface area contributed by atoms with E-state index in [4.69, 9.17) is 9.29 Å². The maximum atomic E-state index is 10.6. The molecule has 0 saturated carbocycles. The number of anilines is 1. The van der Waals surface area contributed by atoms with E-state index in [0.29, 0.717) is 11.6 Å². The van der Waals surface area contributed by atoms with Gasteiger partial charge in [-0.05, 0) is 28.1 Å². The van der Waals surface area contributed by atoms with Crippen molar-refractivity contribution in [1.29, 1.82) is 0 Å². The average Bonchev–Trinajstić information content (AvgIpc) is 2.15. The first-order valence-electron chi connectivity index (χ1n) is 4.04. The van der Waals surface area contributed by atoms with Crippen LogP contribution in [0.4, 0.5) is 5.82 Å². The van der Waals surface area contributed by atoms with Crippen molar-refractivity contribution >= 4 is 33.0 Å². The average molecular weight is 294 g/mol. The minimum atomic E-state index is -2.16. The standard InChI is InChI=1S/C7H8BrN3O3S/c8-7(11-15(12)13)4-10-6-5(14-7)2-1-3-9-6/h1-3,11H,4H2,(H,9,10)(H,12,13). The number of halogens is 1. The Balaban J connectivity index is 2.21. The summed E-state index contributed by atoms with van der Waals surface area (Å²) in [6.45, 7) is 0.281. The molecule has 1 aromatic rings. The second kappa shape index (κ2) is 4.05. The van der Waals surface area contributed by atoms with Gasteiger partial charge in [-0.1, -0.05) is 0 Å². The van der Waals surface area contributed by atoms with Crippen molar-refractivity contribution in [3.05, 3.63) is 18.3 Å². The molecule has 6 nitrogen and oxygen atoms in total. The summed E-state index contributed by atoms with van der Waals surface area (Å²) in [5, 5.41) is 2.97. The van der Waals surface area contributed by atoms with Gasteiger partial charge in [0.2, 0.25) is 15.9 Å². The van der Waals surface area contributed by atoms with E-state index in [2.05, 4.69) is 31.0 Å². The third kappa shape index (κ3) is 2.46. The monoisotopic (exact) mass is 293 g/mol. The molecular formula is C7H8BrN3O3S. The van der Waals surface area contributed by atoms with Gasteiger partial charge in [0.25, 0.3) is 0 Å². The fourth-order valence-electron chi connectivity index (χ4n) is 1.20. The molecular weight excluding hydrogens is 286 g/mol. The lowest BCUT2D eigenvalue weighted by atomic mass is 10.3. The third-order valence-electron chi connectivity index (χ3n) is 1.77. The van der Waals surface area contributed by atoms with Crippen molar-refractivity contribution in [3.8, 4) is 5.75 Å². The van der Waals surface area contributed by atoms with Gasteiger partial charge in [0.15, 0.2) is 11.6 Å². The molecule has 0 radical (unpaired) electrons. The van der Waals surface area contributed by atoms with Crippen LogP contribution in [0, 0.1) is 0 Å². The van der Waals surface area contributed by atoms with E-state index >= 15 is 0 Å². The Labute approximate surface area is 97.0 Å². The summed E-state index contributed by atoms with van der Waals surface area (Å²) >= 11 is 1.03. The van der Waals surface area contributed by atoms with E-state index < -0.39 is 15.9 Å². The van der Waals surface area contributed by atoms with Crippen molar-refractivity contribution in [1.82, 2.24) is 9.71 Å². The molecule has 0 amide bonds. The highest BCUT2D eigenvalue weighted by Crippen LogP contribution is 2.32. The predicted molar refractivity (Wildman–Crippen MR) is 58.9 cm³/mol. The van der Waals surface area contributed by atoms with E-state index in [1.165, 1.54) is 0 Å². The lowest BCUT2D eigenvalue weighted by Gasteiger charge is -2.33. The number of rotatable bonds is 2. The van der Waals surface area contributed by atoms with Crippen molar-refractivity contribution < 1.29 is 13.5 Å². The number of fused-ring (bicyclic) bond motifs is 1. The van der Waals surface area contributed by atoms with Gasteiger partial charge in [0.1, 0.15) is 0 Å². The molecule has 82 valence electrons. The van der Waals surface area contributed by atoms with Gasteiger partial charge < -0.3 is 10.1 Å². The van der Waals surface area contributed by atoms with Crippen molar-refractivity contribution in [2.75, 3.05) is 11.9 Å². The molecule has 2 heterocycles. The lowest BCUT2D eigenvalue weighted by Crippen LogP contribution is -2.52. The Hall–Kier alpha value is -0.700. The minimum Gasteiger partial charge on any atom is -0.456 e. The maximum Gasteiger partial charge on any atom is 0.247 e. The molecule has 8 heteroatoms. The molecule has 0 aliphatic carbocycles. The van der Waals surface area contributed by atoms with Gasteiger partial charge >= 0.3 is 0 Å². The van der Waals surface area contributed by atoms with Gasteiger partial charge in [-0.15, -0.1) is 0 Å². The smallest absolute Gasteiger partial charge is 0.247 e. The molecule has 0 saturated heterocycles. The Morgan fingerprint density at radius 3 is 3.33 bits per heavy atom. The van der Waals surface area contributed by atoms with Crippen LogP contribution in [0.5, 0.6) is 5.75 Å². The molecule has 1 aromatic heterocycles. The highest BCUT2D eigenvalue weighted by atomic mass is 79.9. The molecule has 1 aliphatic rings. The van der Waals surface area contributed by atoms with Crippen LogP contribution in [0.25, 0.3) is 0 Å². The number of alkyl halides is 1. The molecule has 2 atom stereocenters. The molecule has 0 fully saturated rings. The van der Waals surface area contributed by atoms with Gasteiger partial charge in [0.05, 0.1) is 6.54 Å². The number of hydrogen-bond acceptors (Lipinski definition) is 4. The van der Waals surface area contributed by atoms with Crippen LogP contribution in [0.15, 0.2) is 18.3 Å². The van der Waals surface area contributed by atoms with Gasteiger partial charge in [-0.2, -0.15) is 4.72 Å². The van der Waals surface area contributed by atoms with E-state index in [9.17, 15) is 4.21 Å². The molecule has 2 unspecified atom stereocenters. The van der Waals surface area contributed by atoms with Crippen molar-refractivity contribution in [3.63, 3.8) is 0 Å². The molecule has 1 aliphatic heterocycles. The van der Waals surface area contributed by atoms with Crippen molar-refractivity contribution in [2.24, 2.45) is 0 Å². The van der Waals surface area contributed by atoms with Gasteiger partial charge in [-0.25, -0.2) is 9.19 Å². The number of nitrogens with zero attached hydrogens (tertiary/aromatic N) is 1. The molecule has 0 bridgehead atoms. The normalized spacial score (nSPS) is 26.0. The summed E-state index contributed by atoms with van der Waals surface area (Å²) in [7, 11) is 0. The zero-order valence-corrected chi connectivity index (χ0v) is 9.84. The van der Waals surface area contributed by atoms with E-state index in [1.54, 1.807) is 18.3 Å². The Kier molecular flexibility index (Phi) is 2.91. The van der Waals surface area contributed by atoms with Crippen molar-refractivity contribution in [2.45, 2.75) is 4.63 Å². The quantitative estimate of drug-likeness (QED) is 0.424. The molecule has 0 aromatic carbocycles. The fourth-order valence-corrected chi connectivity index (χ4v) is 2.31. The second-order valence-corrected chi connectivity index (χ2v) is 4.87. The second-order valence-electron chi connectivity index (χ2n) is 2.89. The summed E-state index contributed by atoms with van der Waals surface area (Å²) in [4.78, 5) is 4.04. The zero-order chi connectivity index (χ0) is 10.9. The Bertz CT molecular complexity index is 405. The van der Waals surface area contributed by atoms with E-state index in [-0.39, 0.29) is 6.54 Å². The highest BCUT2D eigenvalue weighted by molar-refractivity contribution is 9.10. The topological polar surface area (TPSA) is 83.5 Å². The van der Waals surface area contributed by atoms with Crippen LogP contribution in [0.1, 0.15) is 0 Å². The third-order valence-corrected chi connectivity index (χ3v) is 3.17. The van der Waals surface area contributed by atoms with Crippen LogP contribution >= 0.6 is 15.9 Å². The minimum absolute atomic E-state index is 0.281. The number of aromatic nitrogens is 1. The maximum absolute atomic E-state index is 10.6. The summed E-state index contributed by atoms with van der Waals surface area (Å²) in [5.41, 5.74) is 0. The number of hydrogen-bond donors (Lipinski definition) is 3. The zero-order valence-electron chi connectivity index (χ0n) is 7.44. The number of ether oxygens (including phenoxy) is 1. The lowest BCUT2D eigenvalue weighted by molar-refractivity contribution is 0.165. The predicted octanol–water partition coefficient (Wildman–Crippen LogP) is 0.661. The first-order valence-corrected chi connectivity index (χ1v) is 5.94. The molecule has 2 rings (SSSR count). The molecule has 3 N–H and O–H groups in total. The van der Waals surface area contributed by atoms with E-state index in [1.807, 2.05) is 0 Å². The van der Waals surface area contributed by atoms with Crippen LogP contribution in [-0.2, 0) is 11.3 Å². The summed E-state index contributed by atoms with van der Waals surface area (Å²) in [6.07, 6.45) is 1.63. The van der Waals surface area contributed by atoms with Crippen LogP contribution in [0.2, 0.25) is 0 Å².